The molecule has 0 amide bonds. The number of para-hydroxylation sites is 1. The molecule has 0 atom stereocenters. The molecule has 0 aliphatic heterocycles. The van der Waals surface area contributed by atoms with Crippen LogP contribution >= 0.6 is 0 Å². The first kappa shape index (κ1) is 29.7. The molecule has 0 spiro atoms. The van der Waals surface area contributed by atoms with E-state index in [1.165, 1.54) is 27.5 Å². The zero-order chi connectivity index (χ0) is 33.4. The Kier molecular flexibility index (Phi) is 7.47. The molecule has 9 rings (SSSR count). The summed E-state index contributed by atoms with van der Waals surface area (Å²) in [6, 6.07) is 44.3. The van der Waals surface area contributed by atoms with E-state index in [4.69, 9.17) is 19.4 Å². The molecule has 4 heteroatoms. The maximum atomic E-state index is 6.42. The highest BCUT2D eigenvalue weighted by Gasteiger charge is 2.22. The highest BCUT2D eigenvalue weighted by atomic mass is 16.3. The third-order valence-electron chi connectivity index (χ3n) is 9.53. The lowest BCUT2D eigenvalue weighted by atomic mass is 9.90. The third kappa shape index (κ3) is 5.41. The molecule has 0 saturated heterocycles. The summed E-state index contributed by atoms with van der Waals surface area (Å²) in [5.74, 6) is 1.89. The standard InChI is InChI=1S/C46H33N3O/c1-2-3-5-12-30-19-20-35-29-37(24-22-34(35)27-30)45-47-44(32-14-6-4-7-15-32)48-46(49-45)43-38(36-23-21-31-13-8-9-16-33(31)28-36)25-26-41-42(43)39-17-10-11-18-40(39)50-41/h2-18,21-29H,19-20H2,1H3/b3-2-,12-5-. The molecule has 2 heterocycles. The minimum atomic E-state index is 0.614. The Bertz CT molecular complexity index is 2660. The smallest absolute Gasteiger partial charge is 0.165 e. The average Bonchev–Trinajstić information content (AvgIpc) is 3.56. The number of nitrogens with zero attached hydrogens (tertiary/aromatic N) is 3. The molecule has 6 aromatic carbocycles. The van der Waals surface area contributed by atoms with Gasteiger partial charge in [-0.1, -0.05) is 127 Å². The van der Waals surface area contributed by atoms with Crippen molar-refractivity contribution in [2.24, 2.45) is 0 Å². The predicted octanol–water partition coefficient (Wildman–Crippen LogP) is 12.1. The van der Waals surface area contributed by atoms with Crippen LogP contribution in [-0.4, -0.2) is 15.0 Å². The molecule has 0 fully saturated rings. The third-order valence-corrected chi connectivity index (χ3v) is 9.53. The highest BCUT2D eigenvalue weighted by Crippen LogP contribution is 2.43. The van der Waals surface area contributed by atoms with Gasteiger partial charge >= 0.3 is 0 Å². The van der Waals surface area contributed by atoms with Crippen molar-refractivity contribution in [2.45, 2.75) is 19.8 Å². The van der Waals surface area contributed by atoms with Crippen LogP contribution in [0.25, 0.3) is 84.1 Å². The summed E-state index contributed by atoms with van der Waals surface area (Å²) in [4.78, 5) is 15.6. The van der Waals surface area contributed by atoms with Gasteiger partial charge in [0.1, 0.15) is 11.2 Å². The summed E-state index contributed by atoms with van der Waals surface area (Å²) < 4.78 is 6.42. The number of allylic oxidation sites excluding steroid dienone is 5. The molecule has 1 aliphatic carbocycles. The quantitative estimate of drug-likeness (QED) is 0.169. The summed E-state index contributed by atoms with van der Waals surface area (Å²) in [7, 11) is 0. The second-order valence-electron chi connectivity index (χ2n) is 12.7. The lowest BCUT2D eigenvalue weighted by Gasteiger charge is -2.16. The van der Waals surface area contributed by atoms with E-state index in [2.05, 4.69) is 121 Å². The van der Waals surface area contributed by atoms with Gasteiger partial charge in [0.05, 0.1) is 0 Å². The summed E-state index contributed by atoms with van der Waals surface area (Å²) in [6.45, 7) is 2.04. The van der Waals surface area contributed by atoms with Gasteiger partial charge in [0.15, 0.2) is 17.5 Å². The molecule has 238 valence electrons. The number of fused-ring (bicyclic) bond motifs is 5. The van der Waals surface area contributed by atoms with Gasteiger partial charge in [-0.2, -0.15) is 0 Å². The molecular weight excluding hydrogens is 611 g/mol. The Morgan fingerprint density at radius 1 is 0.580 bits per heavy atom. The number of aryl methyl sites for hydroxylation is 1. The Balaban J connectivity index is 1.28. The van der Waals surface area contributed by atoms with Gasteiger partial charge in [0.2, 0.25) is 0 Å². The van der Waals surface area contributed by atoms with E-state index in [-0.39, 0.29) is 0 Å². The van der Waals surface area contributed by atoms with E-state index < -0.39 is 0 Å². The number of rotatable bonds is 6. The summed E-state index contributed by atoms with van der Waals surface area (Å²) in [5, 5.41) is 4.40. The van der Waals surface area contributed by atoms with Gasteiger partial charge < -0.3 is 4.42 Å². The normalized spacial score (nSPS) is 13.1. The second kappa shape index (κ2) is 12.6. The maximum absolute atomic E-state index is 6.42. The van der Waals surface area contributed by atoms with Gasteiger partial charge in [0.25, 0.3) is 0 Å². The number of aromatic nitrogens is 3. The van der Waals surface area contributed by atoms with Crippen LogP contribution in [0.3, 0.4) is 0 Å². The zero-order valence-corrected chi connectivity index (χ0v) is 27.7. The number of benzene rings is 6. The first-order chi connectivity index (χ1) is 24.7. The summed E-state index contributed by atoms with van der Waals surface area (Å²) >= 11 is 0. The van der Waals surface area contributed by atoms with Crippen LogP contribution < -0.4 is 0 Å². The van der Waals surface area contributed by atoms with Gasteiger partial charge in [-0.3, -0.25) is 0 Å². The Hall–Kier alpha value is -6.39. The molecule has 0 bridgehead atoms. The van der Waals surface area contributed by atoms with Crippen molar-refractivity contribution >= 4 is 38.8 Å². The van der Waals surface area contributed by atoms with Crippen molar-refractivity contribution in [3.05, 3.63) is 168 Å². The molecular formula is C46H33N3O. The van der Waals surface area contributed by atoms with Crippen molar-refractivity contribution in [3.63, 3.8) is 0 Å². The van der Waals surface area contributed by atoms with Gasteiger partial charge in [-0.15, -0.1) is 0 Å². The van der Waals surface area contributed by atoms with Crippen molar-refractivity contribution in [2.75, 3.05) is 0 Å². The largest absolute Gasteiger partial charge is 0.456 e. The zero-order valence-electron chi connectivity index (χ0n) is 27.7. The van der Waals surface area contributed by atoms with Crippen LogP contribution in [0.1, 0.15) is 24.5 Å². The molecule has 50 heavy (non-hydrogen) atoms. The Morgan fingerprint density at radius 3 is 2.22 bits per heavy atom. The van der Waals surface area contributed by atoms with Crippen molar-refractivity contribution in [1.82, 2.24) is 15.0 Å². The van der Waals surface area contributed by atoms with Crippen molar-refractivity contribution < 1.29 is 4.42 Å². The summed E-state index contributed by atoms with van der Waals surface area (Å²) in [6.07, 6.45) is 12.7. The molecule has 0 unspecified atom stereocenters. The number of hydrogen-bond donors (Lipinski definition) is 0. The fourth-order valence-electron chi connectivity index (χ4n) is 7.05. The topological polar surface area (TPSA) is 51.8 Å². The molecule has 8 aromatic rings. The SMILES string of the molecule is C/C=C\C=C/C1=Cc2ccc(-c3nc(-c4ccccc4)nc(-c4c(-c5ccc6ccccc6c5)ccc5oc6ccccc6c45)n3)cc2CC1. The minimum Gasteiger partial charge on any atom is -0.456 e. The van der Waals surface area contributed by atoms with Crippen LogP contribution in [0.4, 0.5) is 0 Å². The van der Waals surface area contributed by atoms with Gasteiger partial charge in [0, 0.05) is 27.5 Å². The maximum Gasteiger partial charge on any atom is 0.165 e. The fraction of sp³-hybridized carbons (Fsp3) is 0.0652. The lowest BCUT2D eigenvalue weighted by Crippen LogP contribution is -2.03. The van der Waals surface area contributed by atoms with Crippen LogP contribution in [-0.2, 0) is 6.42 Å². The molecule has 4 nitrogen and oxygen atoms in total. The Labute approximate surface area is 290 Å². The van der Waals surface area contributed by atoms with Crippen molar-refractivity contribution in [1.29, 1.82) is 0 Å². The second-order valence-corrected chi connectivity index (χ2v) is 12.7. The van der Waals surface area contributed by atoms with Crippen LogP contribution in [0, 0.1) is 0 Å². The number of hydrogen-bond acceptors (Lipinski definition) is 4. The number of furan rings is 1. The molecule has 1 aliphatic rings. The first-order valence-corrected chi connectivity index (χ1v) is 17.1. The molecule has 0 saturated carbocycles. The molecule has 0 N–H and O–H groups in total. The highest BCUT2D eigenvalue weighted by molar-refractivity contribution is 6.15. The summed E-state index contributed by atoms with van der Waals surface area (Å²) in [5.41, 5.74) is 10.5. The molecule has 2 aromatic heterocycles. The van der Waals surface area contributed by atoms with E-state index in [1.807, 2.05) is 43.3 Å². The first-order valence-electron chi connectivity index (χ1n) is 17.1. The van der Waals surface area contributed by atoms with Crippen LogP contribution in [0.15, 0.2) is 162 Å². The minimum absolute atomic E-state index is 0.614. The molecule has 0 radical (unpaired) electrons. The van der Waals surface area contributed by atoms with E-state index >= 15 is 0 Å². The van der Waals surface area contributed by atoms with E-state index in [0.717, 1.165) is 62.6 Å². The lowest BCUT2D eigenvalue weighted by molar-refractivity contribution is 0.669. The Morgan fingerprint density at radius 2 is 1.34 bits per heavy atom. The van der Waals surface area contributed by atoms with Crippen molar-refractivity contribution in [3.8, 4) is 45.3 Å². The fourth-order valence-corrected chi connectivity index (χ4v) is 7.05. The van der Waals surface area contributed by atoms with E-state index in [1.54, 1.807) is 0 Å². The van der Waals surface area contributed by atoms with E-state index in [9.17, 15) is 0 Å². The average molecular weight is 644 g/mol. The van der Waals surface area contributed by atoms with Gasteiger partial charge in [-0.25, -0.2) is 15.0 Å². The van der Waals surface area contributed by atoms with E-state index in [0.29, 0.717) is 17.5 Å². The van der Waals surface area contributed by atoms with Crippen LogP contribution in [0.2, 0.25) is 0 Å². The monoisotopic (exact) mass is 643 g/mol. The predicted molar refractivity (Wildman–Crippen MR) is 207 cm³/mol. The van der Waals surface area contributed by atoms with Crippen LogP contribution in [0.5, 0.6) is 0 Å². The van der Waals surface area contributed by atoms with Gasteiger partial charge in [-0.05, 0) is 88.7 Å².